The van der Waals surface area contributed by atoms with Crippen molar-refractivity contribution < 1.29 is 9.59 Å². The van der Waals surface area contributed by atoms with Crippen LogP contribution in [0.2, 0.25) is 0 Å². The van der Waals surface area contributed by atoms with E-state index in [1.54, 1.807) is 18.3 Å². The van der Waals surface area contributed by atoms with E-state index in [-0.39, 0.29) is 18.2 Å². The first-order valence-electron chi connectivity index (χ1n) is 10.4. The summed E-state index contributed by atoms with van der Waals surface area (Å²) < 4.78 is 0. The molecule has 0 unspecified atom stereocenters. The zero-order chi connectivity index (χ0) is 22.1. The summed E-state index contributed by atoms with van der Waals surface area (Å²) >= 11 is 0. The first kappa shape index (κ1) is 22.0. The minimum Gasteiger partial charge on any atom is -0.345 e. The fourth-order valence-corrected chi connectivity index (χ4v) is 3.15. The lowest BCUT2D eigenvalue weighted by Gasteiger charge is -2.18. The van der Waals surface area contributed by atoms with Gasteiger partial charge in [0, 0.05) is 5.56 Å². The number of nitrogens with one attached hydrogen (secondary N) is 2. The zero-order valence-corrected chi connectivity index (χ0v) is 17.8. The Morgan fingerprint density at radius 1 is 0.839 bits per heavy atom. The van der Waals surface area contributed by atoms with Gasteiger partial charge in [-0.25, -0.2) is 5.43 Å². The van der Waals surface area contributed by atoms with Crippen LogP contribution in [0.4, 0.5) is 0 Å². The van der Waals surface area contributed by atoms with Crippen LogP contribution in [0.1, 0.15) is 59.3 Å². The van der Waals surface area contributed by atoms with Crippen LogP contribution in [0.3, 0.4) is 0 Å². The van der Waals surface area contributed by atoms with Gasteiger partial charge < -0.3 is 5.32 Å². The fourth-order valence-electron chi connectivity index (χ4n) is 3.15. The van der Waals surface area contributed by atoms with E-state index in [9.17, 15) is 9.59 Å². The molecule has 158 valence electrons. The molecule has 3 aromatic rings. The standard InChI is InChI=1S/C26H27N3O2/c1-19(2)21-15-13-20(14-16-21)18-27-29-25(30)17-24(22-9-5-3-6-10-22)28-26(31)23-11-7-4-8-12-23/h3-16,18-19,24H,17H2,1-2H3,(H,28,31)(H,29,30)/b27-18-/t24-/m1/s1. The fraction of sp³-hybridized carbons (Fsp3) is 0.192. The summed E-state index contributed by atoms with van der Waals surface area (Å²) in [5, 5.41) is 7.02. The molecule has 3 rings (SSSR count). The largest absolute Gasteiger partial charge is 0.345 e. The van der Waals surface area contributed by atoms with Gasteiger partial charge in [0.1, 0.15) is 0 Å². The number of carbonyl (C=O) groups is 2. The van der Waals surface area contributed by atoms with Crippen molar-refractivity contribution in [3.8, 4) is 0 Å². The molecule has 2 amide bonds. The summed E-state index contributed by atoms with van der Waals surface area (Å²) in [5.41, 5.74) is 6.12. The summed E-state index contributed by atoms with van der Waals surface area (Å²) in [7, 11) is 0. The van der Waals surface area contributed by atoms with Gasteiger partial charge in [-0.1, -0.05) is 86.6 Å². The summed E-state index contributed by atoms with van der Waals surface area (Å²) in [6.07, 6.45) is 1.69. The Morgan fingerprint density at radius 3 is 2.06 bits per heavy atom. The number of hydrazone groups is 1. The molecule has 0 aliphatic rings. The van der Waals surface area contributed by atoms with Gasteiger partial charge in [0.2, 0.25) is 5.91 Å². The van der Waals surface area contributed by atoms with Gasteiger partial charge in [-0.3, -0.25) is 9.59 Å². The smallest absolute Gasteiger partial charge is 0.251 e. The van der Waals surface area contributed by atoms with Crippen LogP contribution in [0, 0.1) is 0 Å². The lowest BCUT2D eigenvalue weighted by atomic mass is 10.0. The lowest BCUT2D eigenvalue weighted by molar-refractivity contribution is -0.121. The minimum absolute atomic E-state index is 0.0756. The van der Waals surface area contributed by atoms with E-state index in [2.05, 4.69) is 41.8 Å². The highest BCUT2D eigenvalue weighted by Crippen LogP contribution is 2.18. The molecule has 0 saturated carbocycles. The summed E-state index contributed by atoms with van der Waals surface area (Å²) in [6, 6.07) is 26.0. The van der Waals surface area contributed by atoms with E-state index in [4.69, 9.17) is 0 Å². The highest BCUT2D eigenvalue weighted by Gasteiger charge is 2.19. The van der Waals surface area contributed by atoms with Crippen molar-refractivity contribution in [3.05, 3.63) is 107 Å². The topological polar surface area (TPSA) is 70.6 Å². The Kier molecular flexibility index (Phi) is 7.71. The molecule has 0 bridgehead atoms. The molecule has 0 heterocycles. The molecular weight excluding hydrogens is 386 g/mol. The molecule has 0 fully saturated rings. The number of amides is 2. The molecule has 0 radical (unpaired) electrons. The van der Waals surface area contributed by atoms with E-state index in [1.807, 2.05) is 60.7 Å². The Hall–Kier alpha value is -3.73. The van der Waals surface area contributed by atoms with Crippen molar-refractivity contribution in [1.82, 2.24) is 10.7 Å². The van der Waals surface area contributed by atoms with Gasteiger partial charge in [0.15, 0.2) is 0 Å². The second-order valence-corrected chi connectivity index (χ2v) is 7.62. The molecule has 0 aliphatic carbocycles. The maximum Gasteiger partial charge on any atom is 0.251 e. The SMILES string of the molecule is CC(C)c1ccc(/C=N\NC(=O)C[C@@H](NC(=O)c2ccccc2)c2ccccc2)cc1. The predicted molar refractivity (Wildman–Crippen MR) is 124 cm³/mol. The van der Waals surface area contributed by atoms with Crippen molar-refractivity contribution in [2.24, 2.45) is 5.10 Å². The molecule has 1 atom stereocenters. The molecule has 5 nitrogen and oxygen atoms in total. The summed E-state index contributed by atoms with van der Waals surface area (Å²) in [5.74, 6) is -0.0417. The van der Waals surface area contributed by atoms with E-state index < -0.39 is 6.04 Å². The Labute approximate surface area is 183 Å². The third kappa shape index (κ3) is 6.64. The molecular formula is C26H27N3O2. The Bertz CT molecular complexity index is 1010. The second kappa shape index (κ2) is 10.9. The van der Waals surface area contributed by atoms with E-state index in [1.165, 1.54) is 5.56 Å². The molecule has 0 aliphatic heterocycles. The van der Waals surface area contributed by atoms with Crippen LogP contribution in [0.25, 0.3) is 0 Å². The predicted octanol–water partition coefficient (Wildman–Crippen LogP) is 4.82. The molecule has 5 heteroatoms. The third-order valence-electron chi connectivity index (χ3n) is 4.94. The first-order valence-corrected chi connectivity index (χ1v) is 10.4. The zero-order valence-electron chi connectivity index (χ0n) is 17.8. The van der Waals surface area contributed by atoms with Crippen LogP contribution >= 0.6 is 0 Å². The second-order valence-electron chi connectivity index (χ2n) is 7.62. The number of nitrogens with zero attached hydrogens (tertiary/aromatic N) is 1. The van der Waals surface area contributed by atoms with E-state index >= 15 is 0 Å². The van der Waals surface area contributed by atoms with Crippen molar-refractivity contribution in [2.45, 2.75) is 32.2 Å². The van der Waals surface area contributed by atoms with Crippen molar-refractivity contribution in [3.63, 3.8) is 0 Å². The molecule has 2 N–H and O–H groups in total. The highest BCUT2D eigenvalue weighted by molar-refractivity contribution is 5.94. The Morgan fingerprint density at radius 2 is 1.45 bits per heavy atom. The molecule has 0 saturated heterocycles. The monoisotopic (exact) mass is 413 g/mol. The number of hydrogen-bond acceptors (Lipinski definition) is 3. The number of hydrogen-bond donors (Lipinski definition) is 2. The average molecular weight is 414 g/mol. The van der Waals surface area contributed by atoms with Crippen molar-refractivity contribution in [1.29, 1.82) is 0 Å². The van der Waals surface area contributed by atoms with Gasteiger partial charge in [0.25, 0.3) is 5.91 Å². The third-order valence-corrected chi connectivity index (χ3v) is 4.94. The van der Waals surface area contributed by atoms with Crippen LogP contribution < -0.4 is 10.7 Å². The van der Waals surface area contributed by atoms with Gasteiger partial charge in [0.05, 0.1) is 18.7 Å². The average Bonchev–Trinajstić information content (AvgIpc) is 2.80. The van der Waals surface area contributed by atoms with Crippen molar-refractivity contribution >= 4 is 18.0 Å². The maximum atomic E-state index is 12.6. The lowest BCUT2D eigenvalue weighted by Crippen LogP contribution is -2.32. The van der Waals surface area contributed by atoms with Crippen LogP contribution in [0.15, 0.2) is 90.0 Å². The van der Waals surface area contributed by atoms with Crippen LogP contribution in [-0.4, -0.2) is 18.0 Å². The van der Waals surface area contributed by atoms with E-state index in [0.29, 0.717) is 11.5 Å². The van der Waals surface area contributed by atoms with Gasteiger partial charge in [-0.05, 0) is 34.7 Å². The number of carbonyl (C=O) groups excluding carboxylic acids is 2. The number of benzene rings is 3. The summed E-state index contributed by atoms with van der Waals surface area (Å²) in [4.78, 5) is 25.1. The van der Waals surface area contributed by atoms with Crippen molar-refractivity contribution in [2.75, 3.05) is 0 Å². The van der Waals surface area contributed by atoms with Gasteiger partial charge in [-0.15, -0.1) is 0 Å². The number of rotatable bonds is 8. The quantitative estimate of drug-likeness (QED) is 0.410. The molecule has 3 aromatic carbocycles. The maximum absolute atomic E-state index is 12.6. The van der Waals surface area contributed by atoms with Gasteiger partial charge in [-0.2, -0.15) is 5.10 Å². The first-order chi connectivity index (χ1) is 15.0. The Balaban J connectivity index is 1.63. The minimum atomic E-state index is -0.463. The van der Waals surface area contributed by atoms with E-state index in [0.717, 1.165) is 11.1 Å². The van der Waals surface area contributed by atoms with Gasteiger partial charge >= 0.3 is 0 Å². The van der Waals surface area contributed by atoms with Crippen LogP contribution in [0.5, 0.6) is 0 Å². The summed E-state index contributed by atoms with van der Waals surface area (Å²) in [6.45, 7) is 4.28. The van der Waals surface area contributed by atoms with Crippen LogP contribution in [-0.2, 0) is 4.79 Å². The normalized spacial score (nSPS) is 12.0. The molecule has 0 aromatic heterocycles. The highest BCUT2D eigenvalue weighted by atomic mass is 16.2. The molecule has 0 spiro atoms. The molecule has 31 heavy (non-hydrogen) atoms.